The number of hydrogen-bond donors (Lipinski definition) is 1. The van der Waals surface area contributed by atoms with Gasteiger partial charge in [-0.25, -0.2) is 0 Å². The molecule has 3 heteroatoms. The summed E-state index contributed by atoms with van der Waals surface area (Å²) >= 11 is 0. The largest absolute Gasteiger partial charge is 0.355 e. The van der Waals surface area contributed by atoms with Crippen LogP contribution in [-0.4, -0.2) is 36.0 Å². The van der Waals surface area contributed by atoms with Crippen molar-refractivity contribution in [2.24, 2.45) is 0 Å². The molecule has 76 valence electrons. The predicted molar refractivity (Wildman–Crippen MR) is 53.5 cm³/mol. The third-order valence-electron chi connectivity index (χ3n) is 2.67. The lowest BCUT2D eigenvalue weighted by atomic mass is 10.2. The molecule has 0 spiro atoms. The van der Waals surface area contributed by atoms with Crippen LogP contribution in [0.15, 0.2) is 0 Å². The Kier molecular flexibility index (Phi) is 3.72. The summed E-state index contributed by atoms with van der Waals surface area (Å²) in [5, 5.41) is 2.89. The Hall–Kier alpha value is -0.570. The maximum Gasteiger partial charge on any atom is 0.216 e. The van der Waals surface area contributed by atoms with E-state index < -0.39 is 0 Å². The smallest absolute Gasteiger partial charge is 0.216 e. The van der Waals surface area contributed by atoms with Crippen LogP contribution in [0.2, 0.25) is 0 Å². The molecule has 3 nitrogen and oxygen atoms in total. The highest BCUT2D eigenvalue weighted by Gasteiger charge is 2.25. The molecule has 1 rings (SSSR count). The van der Waals surface area contributed by atoms with Gasteiger partial charge in [0.25, 0.3) is 0 Å². The SMILES string of the molecule is CC(=O)NC[C@@H]1CCCN1C(C)C. The second-order valence-electron chi connectivity index (χ2n) is 4.06. The molecule has 0 radical (unpaired) electrons. The van der Waals surface area contributed by atoms with Gasteiger partial charge in [-0.1, -0.05) is 0 Å². The Morgan fingerprint density at radius 2 is 2.31 bits per heavy atom. The van der Waals surface area contributed by atoms with Gasteiger partial charge in [-0.15, -0.1) is 0 Å². The molecule has 1 aliphatic rings. The summed E-state index contributed by atoms with van der Waals surface area (Å²) in [6, 6.07) is 1.16. The van der Waals surface area contributed by atoms with E-state index >= 15 is 0 Å². The van der Waals surface area contributed by atoms with Gasteiger partial charge in [-0.3, -0.25) is 9.69 Å². The zero-order valence-electron chi connectivity index (χ0n) is 8.84. The summed E-state index contributed by atoms with van der Waals surface area (Å²) < 4.78 is 0. The first kappa shape index (κ1) is 10.5. The van der Waals surface area contributed by atoms with E-state index in [9.17, 15) is 4.79 Å². The predicted octanol–water partition coefficient (Wildman–Crippen LogP) is 0.995. The number of nitrogens with one attached hydrogen (secondary N) is 1. The van der Waals surface area contributed by atoms with Gasteiger partial charge in [-0.05, 0) is 33.2 Å². The van der Waals surface area contributed by atoms with Crippen molar-refractivity contribution >= 4 is 5.91 Å². The molecule has 1 fully saturated rings. The van der Waals surface area contributed by atoms with Crippen LogP contribution in [0.3, 0.4) is 0 Å². The molecule has 0 saturated carbocycles. The maximum absolute atomic E-state index is 10.7. The van der Waals surface area contributed by atoms with Crippen molar-refractivity contribution in [3.63, 3.8) is 0 Å². The number of hydrogen-bond acceptors (Lipinski definition) is 2. The average Bonchev–Trinajstić information content (AvgIpc) is 2.47. The molecule has 0 unspecified atom stereocenters. The lowest BCUT2D eigenvalue weighted by Gasteiger charge is -2.28. The Labute approximate surface area is 80.5 Å². The van der Waals surface area contributed by atoms with Crippen molar-refractivity contribution in [3.05, 3.63) is 0 Å². The highest BCUT2D eigenvalue weighted by molar-refractivity contribution is 5.72. The van der Waals surface area contributed by atoms with Gasteiger partial charge in [0, 0.05) is 25.6 Å². The normalized spacial score (nSPS) is 23.8. The fourth-order valence-corrected chi connectivity index (χ4v) is 2.02. The van der Waals surface area contributed by atoms with Gasteiger partial charge in [0.1, 0.15) is 0 Å². The zero-order chi connectivity index (χ0) is 9.84. The van der Waals surface area contributed by atoms with E-state index in [1.165, 1.54) is 19.4 Å². The quantitative estimate of drug-likeness (QED) is 0.709. The minimum atomic E-state index is 0.0793. The first-order chi connectivity index (χ1) is 6.11. The molecule has 1 atom stereocenters. The molecule has 1 saturated heterocycles. The molecule has 13 heavy (non-hydrogen) atoms. The van der Waals surface area contributed by atoms with Gasteiger partial charge in [-0.2, -0.15) is 0 Å². The minimum absolute atomic E-state index is 0.0793. The molecule has 1 N–H and O–H groups in total. The molecular weight excluding hydrogens is 164 g/mol. The van der Waals surface area contributed by atoms with Gasteiger partial charge in [0.15, 0.2) is 0 Å². The summed E-state index contributed by atoms with van der Waals surface area (Å²) in [6.07, 6.45) is 2.49. The Morgan fingerprint density at radius 3 is 2.85 bits per heavy atom. The number of carbonyl (C=O) groups is 1. The molecule has 0 aromatic carbocycles. The third-order valence-corrected chi connectivity index (χ3v) is 2.67. The van der Waals surface area contributed by atoms with E-state index in [-0.39, 0.29) is 5.91 Å². The van der Waals surface area contributed by atoms with Crippen LogP contribution < -0.4 is 5.32 Å². The first-order valence-corrected chi connectivity index (χ1v) is 5.11. The van der Waals surface area contributed by atoms with Crippen LogP contribution in [0.5, 0.6) is 0 Å². The highest BCUT2D eigenvalue weighted by atomic mass is 16.1. The zero-order valence-corrected chi connectivity index (χ0v) is 8.84. The van der Waals surface area contributed by atoms with Gasteiger partial charge >= 0.3 is 0 Å². The van der Waals surface area contributed by atoms with Crippen LogP contribution in [-0.2, 0) is 4.79 Å². The molecule has 0 aromatic rings. The van der Waals surface area contributed by atoms with E-state index in [1.54, 1.807) is 6.92 Å². The third kappa shape index (κ3) is 2.99. The van der Waals surface area contributed by atoms with Crippen molar-refractivity contribution in [2.45, 2.75) is 45.7 Å². The monoisotopic (exact) mass is 184 g/mol. The summed E-state index contributed by atoms with van der Waals surface area (Å²) in [4.78, 5) is 13.2. The van der Waals surface area contributed by atoms with E-state index in [0.29, 0.717) is 12.1 Å². The van der Waals surface area contributed by atoms with Crippen LogP contribution in [0, 0.1) is 0 Å². The second-order valence-corrected chi connectivity index (χ2v) is 4.06. The molecule has 0 aromatic heterocycles. The van der Waals surface area contributed by atoms with E-state index in [1.807, 2.05) is 0 Å². The fraction of sp³-hybridized carbons (Fsp3) is 0.900. The van der Waals surface area contributed by atoms with Crippen LogP contribution in [0.25, 0.3) is 0 Å². The van der Waals surface area contributed by atoms with Crippen molar-refractivity contribution in [2.75, 3.05) is 13.1 Å². The van der Waals surface area contributed by atoms with Gasteiger partial charge in [0.05, 0.1) is 0 Å². The number of carbonyl (C=O) groups excluding carboxylic acids is 1. The lowest BCUT2D eigenvalue weighted by Crippen LogP contribution is -2.42. The summed E-state index contributed by atoms with van der Waals surface area (Å²) in [5.41, 5.74) is 0. The van der Waals surface area contributed by atoms with Crippen molar-refractivity contribution < 1.29 is 4.79 Å². The lowest BCUT2D eigenvalue weighted by molar-refractivity contribution is -0.119. The summed E-state index contributed by atoms with van der Waals surface area (Å²) in [7, 11) is 0. The number of rotatable bonds is 3. The number of amides is 1. The fourth-order valence-electron chi connectivity index (χ4n) is 2.02. The van der Waals surface area contributed by atoms with E-state index in [2.05, 4.69) is 24.1 Å². The van der Waals surface area contributed by atoms with Crippen molar-refractivity contribution in [3.8, 4) is 0 Å². The van der Waals surface area contributed by atoms with E-state index in [4.69, 9.17) is 0 Å². The minimum Gasteiger partial charge on any atom is -0.355 e. The first-order valence-electron chi connectivity index (χ1n) is 5.11. The Morgan fingerprint density at radius 1 is 1.62 bits per heavy atom. The second kappa shape index (κ2) is 4.61. The summed E-state index contributed by atoms with van der Waals surface area (Å²) in [6.45, 7) is 8.00. The van der Waals surface area contributed by atoms with Crippen LogP contribution in [0.1, 0.15) is 33.6 Å². The van der Waals surface area contributed by atoms with E-state index in [0.717, 1.165) is 6.54 Å². The van der Waals surface area contributed by atoms with Gasteiger partial charge in [0.2, 0.25) is 5.91 Å². The molecular formula is C10H20N2O. The summed E-state index contributed by atoms with van der Waals surface area (Å²) in [5.74, 6) is 0.0793. The Balaban J connectivity index is 2.35. The van der Waals surface area contributed by atoms with Crippen molar-refractivity contribution in [1.29, 1.82) is 0 Å². The van der Waals surface area contributed by atoms with Gasteiger partial charge < -0.3 is 5.32 Å². The molecule has 0 bridgehead atoms. The molecule has 1 amide bonds. The molecule has 1 aliphatic heterocycles. The number of likely N-dealkylation sites (tertiary alicyclic amines) is 1. The van der Waals surface area contributed by atoms with Crippen LogP contribution in [0.4, 0.5) is 0 Å². The molecule has 1 heterocycles. The van der Waals surface area contributed by atoms with Crippen LogP contribution >= 0.6 is 0 Å². The average molecular weight is 184 g/mol. The topological polar surface area (TPSA) is 32.3 Å². The molecule has 0 aliphatic carbocycles. The highest BCUT2D eigenvalue weighted by Crippen LogP contribution is 2.18. The van der Waals surface area contributed by atoms with Crippen molar-refractivity contribution in [1.82, 2.24) is 10.2 Å². The standard InChI is InChI=1S/C10H20N2O/c1-8(2)12-6-4-5-10(12)7-11-9(3)13/h8,10H,4-7H2,1-3H3,(H,11,13)/t10-/m0/s1. The number of nitrogens with zero attached hydrogens (tertiary/aromatic N) is 1. The maximum atomic E-state index is 10.7. The Bertz CT molecular complexity index is 180.